The Hall–Kier alpha value is -1.69. The summed E-state index contributed by atoms with van der Waals surface area (Å²) in [5, 5.41) is 7.49. The smallest absolute Gasteiger partial charge is 0.348 e. The number of ether oxygens (including phenoxy) is 1. The molecule has 0 fully saturated rings. The summed E-state index contributed by atoms with van der Waals surface area (Å²) >= 11 is 1.54. The molecule has 106 valence electrons. The van der Waals surface area contributed by atoms with Crippen LogP contribution in [0.1, 0.15) is 45.2 Å². The maximum Gasteiger partial charge on any atom is 0.348 e. The van der Waals surface area contributed by atoms with Gasteiger partial charge in [-0.3, -0.25) is 0 Å². The number of thiophene rings is 1. The van der Waals surface area contributed by atoms with E-state index in [0.29, 0.717) is 22.6 Å². The first kappa shape index (κ1) is 13.3. The number of nitrogens with zero attached hydrogens (tertiary/aromatic N) is 2. The number of rotatable bonds is 3. The Morgan fingerprint density at radius 1 is 1.55 bits per heavy atom. The standard InChI is InChI=1S/C14H16N2O3S/c1-8-3-4-11-10(5-8)6-12(20-11)14(17)18-7-13-16-15-9(2)19-13/h6,8H,3-5,7H2,1-2H3/t8-/m0/s1. The lowest BCUT2D eigenvalue weighted by Crippen LogP contribution is -2.08. The minimum Gasteiger partial charge on any atom is -0.451 e. The molecule has 0 bridgehead atoms. The Kier molecular flexibility index (Phi) is 3.56. The van der Waals surface area contributed by atoms with Crippen molar-refractivity contribution in [3.63, 3.8) is 0 Å². The third-order valence-electron chi connectivity index (χ3n) is 3.43. The summed E-state index contributed by atoms with van der Waals surface area (Å²) in [6, 6.07) is 1.97. The zero-order valence-electron chi connectivity index (χ0n) is 11.5. The van der Waals surface area contributed by atoms with Crippen LogP contribution in [-0.4, -0.2) is 16.2 Å². The monoisotopic (exact) mass is 292 g/mol. The molecule has 2 aromatic heterocycles. The number of aryl methyl sites for hydroxylation is 2. The fraction of sp³-hybridized carbons (Fsp3) is 0.500. The number of carbonyl (C=O) groups excluding carboxylic acids is 1. The molecule has 2 aromatic rings. The van der Waals surface area contributed by atoms with Gasteiger partial charge in [-0.05, 0) is 36.8 Å². The number of hydrogen-bond donors (Lipinski definition) is 0. The van der Waals surface area contributed by atoms with E-state index in [1.165, 1.54) is 16.9 Å². The summed E-state index contributed by atoms with van der Waals surface area (Å²) < 4.78 is 10.4. The molecule has 0 saturated heterocycles. The second-order valence-electron chi connectivity index (χ2n) is 5.20. The number of aromatic nitrogens is 2. The molecule has 0 radical (unpaired) electrons. The average Bonchev–Trinajstić information content (AvgIpc) is 3.01. The Morgan fingerprint density at radius 3 is 3.15 bits per heavy atom. The van der Waals surface area contributed by atoms with E-state index in [1.54, 1.807) is 18.3 Å². The third-order valence-corrected chi connectivity index (χ3v) is 4.64. The topological polar surface area (TPSA) is 65.2 Å². The van der Waals surface area contributed by atoms with Gasteiger partial charge in [0.25, 0.3) is 5.89 Å². The van der Waals surface area contributed by atoms with Crippen molar-refractivity contribution in [2.75, 3.05) is 0 Å². The first-order chi connectivity index (χ1) is 9.61. The lowest BCUT2D eigenvalue weighted by Gasteiger charge is -2.16. The summed E-state index contributed by atoms with van der Waals surface area (Å²) in [5.41, 5.74) is 1.30. The Balaban J connectivity index is 1.65. The number of hydrogen-bond acceptors (Lipinski definition) is 6. The van der Waals surface area contributed by atoms with Crippen LogP contribution >= 0.6 is 11.3 Å². The second kappa shape index (κ2) is 5.36. The summed E-state index contributed by atoms with van der Waals surface area (Å²) in [6.45, 7) is 3.97. The van der Waals surface area contributed by atoms with Gasteiger partial charge in [0, 0.05) is 11.8 Å². The highest BCUT2D eigenvalue weighted by Crippen LogP contribution is 2.32. The molecule has 20 heavy (non-hydrogen) atoms. The molecule has 0 aromatic carbocycles. The molecule has 6 heteroatoms. The van der Waals surface area contributed by atoms with Gasteiger partial charge in [-0.25, -0.2) is 4.79 Å². The molecule has 5 nitrogen and oxygen atoms in total. The summed E-state index contributed by atoms with van der Waals surface area (Å²) in [7, 11) is 0. The van der Waals surface area contributed by atoms with E-state index < -0.39 is 0 Å². The largest absolute Gasteiger partial charge is 0.451 e. The van der Waals surface area contributed by atoms with Gasteiger partial charge in [0.1, 0.15) is 4.88 Å². The van der Waals surface area contributed by atoms with Crippen LogP contribution in [0.2, 0.25) is 0 Å². The maximum absolute atomic E-state index is 12.0. The maximum atomic E-state index is 12.0. The molecule has 0 saturated carbocycles. The van der Waals surface area contributed by atoms with Crippen LogP contribution in [0.5, 0.6) is 0 Å². The van der Waals surface area contributed by atoms with Crippen molar-refractivity contribution in [3.8, 4) is 0 Å². The van der Waals surface area contributed by atoms with Crippen molar-refractivity contribution < 1.29 is 13.9 Å². The van der Waals surface area contributed by atoms with Crippen LogP contribution in [0.4, 0.5) is 0 Å². The van der Waals surface area contributed by atoms with Gasteiger partial charge in [-0.1, -0.05) is 6.92 Å². The third kappa shape index (κ3) is 2.75. The van der Waals surface area contributed by atoms with Crippen molar-refractivity contribution in [3.05, 3.63) is 33.2 Å². The summed E-state index contributed by atoms with van der Waals surface area (Å²) in [5.74, 6) is 1.18. The molecule has 3 rings (SSSR count). The molecule has 0 spiro atoms. The number of carbonyl (C=O) groups is 1. The van der Waals surface area contributed by atoms with Gasteiger partial charge >= 0.3 is 5.97 Å². The highest BCUT2D eigenvalue weighted by Gasteiger charge is 2.21. The summed E-state index contributed by atoms with van der Waals surface area (Å²) in [4.78, 5) is 14.0. The Labute approximate surface area is 121 Å². The zero-order chi connectivity index (χ0) is 14.1. The van der Waals surface area contributed by atoms with Gasteiger partial charge in [-0.15, -0.1) is 21.5 Å². The van der Waals surface area contributed by atoms with Crippen LogP contribution in [-0.2, 0) is 24.2 Å². The molecule has 0 amide bonds. The van der Waals surface area contributed by atoms with Gasteiger partial charge in [0.15, 0.2) is 6.61 Å². The molecule has 0 aliphatic heterocycles. The Morgan fingerprint density at radius 2 is 2.40 bits per heavy atom. The van der Waals surface area contributed by atoms with Crippen LogP contribution in [0.3, 0.4) is 0 Å². The van der Waals surface area contributed by atoms with E-state index in [-0.39, 0.29) is 12.6 Å². The van der Waals surface area contributed by atoms with Crippen LogP contribution < -0.4 is 0 Å². The lowest BCUT2D eigenvalue weighted by atomic mass is 9.90. The van der Waals surface area contributed by atoms with Crippen LogP contribution in [0, 0.1) is 12.8 Å². The van der Waals surface area contributed by atoms with E-state index in [9.17, 15) is 4.79 Å². The van der Waals surface area contributed by atoms with Crippen molar-refractivity contribution >= 4 is 17.3 Å². The summed E-state index contributed by atoms with van der Waals surface area (Å²) in [6.07, 6.45) is 3.32. The molecule has 1 atom stereocenters. The minimum absolute atomic E-state index is 0.0264. The molecule has 0 N–H and O–H groups in total. The Bertz CT molecular complexity index is 632. The fourth-order valence-electron chi connectivity index (χ4n) is 2.40. The highest BCUT2D eigenvalue weighted by molar-refractivity contribution is 7.14. The van der Waals surface area contributed by atoms with E-state index in [4.69, 9.17) is 9.15 Å². The minimum atomic E-state index is -0.312. The predicted octanol–water partition coefficient (Wildman–Crippen LogP) is 2.92. The van der Waals surface area contributed by atoms with E-state index in [2.05, 4.69) is 17.1 Å². The first-order valence-electron chi connectivity index (χ1n) is 6.69. The molecular weight excluding hydrogens is 276 g/mol. The number of esters is 1. The van der Waals surface area contributed by atoms with Gasteiger partial charge in [0.05, 0.1) is 0 Å². The van der Waals surface area contributed by atoms with Crippen molar-refractivity contribution in [1.82, 2.24) is 10.2 Å². The highest BCUT2D eigenvalue weighted by atomic mass is 32.1. The normalized spacial score (nSPS) is 17.8. The second-order valence-corrected chi connectivity index (χ2v) is 6.33. The van der Waals surface area contributed by atoms with Gasteiger partial charge < -0.3 is 9.15 Å². The van der Waals surface area contributed by atoms with Crippen molar-refractivity contribution in [1.29, 1.82) is 0 Å². The predicted molar refractivity (Wildman–Crippen MR) is 73.7 cm³/mol. The quantitative estimate of drug-likeness (QED) is 0.814. The molecule has 0 unspecified atom stereocenters. The van der Waals surface area contributed by atoms with E-state index in [1.807, 2.05) is 6.07 Å². The van der Waals surface area contributed by atoms with Crippen LogP contribution in [0.25, 0.3) is 0 Å². The molecule has 1 aliphatic carbocycles. The molecule has 1 aliphatic rings. The van der Waals surface area contributed by atoms with Crippen LogP contribution in [0.15, 0.2) is 10.5 Å². The van der Waals surface area contributed by atoms with E-state index >= 15 is 0 Å². The fourth-order valence-corrected chi connectivity index (χ4v) is 3.50. The first-order valence-corrected chi connectivity index (χ1v) is 7.51. The van der Waals surface area contributed by atoms with Crippen molar-refractivity contribution in [2.45, 2.75) is 39.7 Å². The van der Waals surface area contributed by atoms with Crippen molar-refractivity contribution in [2.24, 2.45) is 5.92 Å². The zero-order valence-corrected chi connectivity index (χ0v) is 12.3. The van der Waals surface area contributed by atoms with Gasteiger partial charge in [0.2, 0.25) is 5.89 Å². The average molecular weight is 292 g/mol. The lowest BCUT2D eigenvalue weighted by molar-refractivity contribution is 0.0442. The molecular formula is C14H16N2O3S. The number of fused-ring (bicyclic) bond motifs is 1. The molecule has 2 heterocycles. The van der Waals surface area contributed by atoms with Gasteiger partial charge in [-0.2, -0.15) is 0 Å². The SMILES string of the molecule is Cc1nnc(COC(=O)c2cc3c(s2)CC[C@H](C)C3)o1. The van der Waals surface area contributed by atoms with E-state index in [0.717, 1.165) is 12.8 Å².